The molecule has 1 fully saturated rings. The van der Waals surface area contributed by atoms with Crippen molar-refractivity contribution >= 4 is 23.6 Å². The second-order valence-corrected chi connectivity index (χ2v) is 6.50. The molecule has 0 saturated carbocycles. The van der Waals surface area contributed by atoms with E-state index in [0.29, 0.717) is 12.5 Å². The van der Waals surface area contributed by atoms with E-state index < -0.39 is 0 Å². The zero-order chi connectivity index (χ0) is 13.7. The van der Waals surface area contributed by atoms with Gasteiger partial charge in [-0.05, 0) is 25.0 Å². The molecule has 0 bridgehead atoms. The molecule has 1 rings (SSSR count). The molecule has 0 aliphatic carbocycles. The Labute approximate surface area is 114 Å². The fourth-order valence-electron chi connectivity index (χ4n) is 2.17. The third kappa shape index (κ3) is 3.90. The first-order chi connectivity index (χ1) is 8.47. The normalized spacial score (nSPS) is 24.6. The lowest BCUT2D eigenvalue weighted by atomic mass is 9.98. The Morgan fingerprint density at radius 2 is 2.06 bits per heavy atom. The quantitative estimate of drug-likeness (QED) is 0.746. The number of nitrogens with one attached hydrogen (secondary N) is 1. The van der Waals surface area contributed by atoms with Crippen LogP contribution in [0.4, 0.5) is 0 Å². The van der Waals surface area contributed by atoms with Gasteiger partial charge in [0.15, 0.2) is 0 Å². The summed E-state index contributed by atoms with van der Waals surface area (Å²) >= 11 is 1.80. The molecule has 0 aromatic heterocycles. The van der Waals surface area contributed by atoms with E-state index in [0.717, 1.165) is 17.9 Å². The van der Waals surface area contributed by atoms with Crippen LogP contribution in [0.2, 0.25) is 0 Å². The third-order valence-corrected chi connectivity index (χ3v) is 3.95. The molecular formula is C13H24N2O2S. The highest BCUT2D eigenvalue weighted by Gasteiger charge is 2.38. The summed E-state index contributed by atoms with van der Waals surface area (Å²) in [6, 6.07) is -0.668. The molecule has 0 aromatic rings. The average Bonchev–Trinajstić information content (AvgIpc) is 2.29. The molecule has 104 valence electrons. The van der Waals surface area contributed by atoms with Crippen molar-refractivity contribution in [1.82, 2.24) is 10.2 Å². The molecule has 18 heavy (non-hydrogen) atoms. The largest absolute Gasteiger partial charge is 0.343 e. The smallest absolute Gasteiger partial charge is 0.245 e. The molecule has 4 nitrogen and oxygen atoms in total. The predicted molar refractivity (Wildman–Crippen MR) is 75.6 cm³/mol. The van der Waals surface area contributed by atoms with Crippen LogP contribution in [0.25, 0.3) is 0 Å². The summed E-state index contributed by atoms with van der Waals surface area (Å²) in [4.78, 5) is 25.9. The fourth-order valence-corrected chi connectivity index (χ4v) is 2.78. The number of hydrogen-bond acceptors (Lipinski definition) is 3. The maximum absolute atomic E-state index is 12.2. The number of amides is 2. The molecule has 1 aliphatic rings. The second-order valence-electron chi connectivity index (χ2n) is 5.10. The van der Waals surface area contributed by atoms with Crippen molar-refractivity contribution < 1.29 is 9.59 Å². The molecule has 0 aromatic carbocycles. The summed E-state index contributed by atoms with van der Waals surface area (Å²) in [7, 11) is 0. The van der Waals surface area contributed by atoms with Gasteiger partial charge in [-0.3, -0.25) is 9.59 Å². The number of rotatable bonds is 6. The van der Waals surface area contributed by atoms with Gasteiger partial charge in [0, 0.05) is 12.3 Å². The Bertz CT molecular complexity index is 307. The van der Waals surface area contributed by atoms with Crippen LogP contribution >= 0.6 is 11.8 Å². The number of thioether (sulfide) groups is 1. The van der Waals surface area contributed by atoms with Crippen molar-refractivity contribution in [3.63, 3.8) is 0 Å². The van der Waals surface area contributed by atoms with Gasteiger partial charge in [-0.1, -0.05) is 20.8 Å². The number of carbonyl (C=O) groups is 2. The summed E-state index contributed by atoms with van der Waals surface area (Å²) < 4.78 is 0. The Kier molecular flexibility index (Phi) is 5.99. The van der Waals surface area contributed by atoms with E-state index in [4.69, 9.17) is 0 Å². The number of nitrogens with zero attached hydrogens (tertiary/aromatic N) is 1. The van der Waals surface area contributed by atoms with Crippen molar-refractivity contribution in [2.24, 2.45) is 5.92 Å². The molecule has 2 atom stereocenters. The zero-order valence-corrected chi connectivity index (χ0v) is 12.5. The Morgan fingerprint density at radius 3 is 2.61 bits per heavy atom. The molecule has 2 unspecified atom stereocenters. The monoisotopic (exact) mass is 272 g/mol. The molecule has 1 N–H and O–H groups in total. The van der Waals surface area contributed by atoms with Crippen LogP contribution in [0.1, 0.15) is 34.1 Å². The van der Waals surface area contributed by atoms with Gasteiger partial charge in [0.1, 0.15) is 12.1 Å². The first kappa shape index (κ1) is 15.3. The summed E-state index contributed by atoms with van der Waals surface area (Å²) in [6.45, 7) is 8.69. The topological polar surface area (TPSA) is 49.4 Å². The van der Waals surface area contributed by atoms with Crippen LogP contribution in [-0.4, -0.2) is 46.8 Å². The predicted octanol–water partition coefficient (Wildman–Crippen LogP) is 1.50. The lowest BCUT2D eigenvalue weighted by Crippen LogP contribution is -2.63. The van der Waals surface area contributed by atoms with Crippen LogP contribution in [0.5, 0.6) is 0 Å². The molecule has 2 amide bonds. The maximum atomic E-state index is 12.2. The van der Waals surface area contributed by atoms with Crippen LogP contribution < -0.4 is 5.32 Å². The zero-order valence-electron chi connectivity index (χ0n) is 11.7. The van der Waals surface area contributed by atoms with E-state index in [1.54, 1.807) is 23.6 Å². The summed E-state index contributed by atoms with van der Waals surface area (Å²) in [5, 5.41) is 2.77. The van der Waals surface area contributed by atoms with E-state index in [9.17, 15) is 9.59 Å². The van der Waals surface area contributed by atoms with Gasteiger partial charge >= 0.3 is 0 Å². The van der Waals surface area contributed by atoms with Gasteiger partial charge < -0.3 is 10.2 Å². The average molecular weight is 272 g/mol. The van der Waals surface area contributed by atoms with Gasteiger partial charge in [-0.25, -0.2) is 0 Å². The van der Waals surface area contributed by atoms with E-state index >= 15 is 0 Å². The first-order valence-electron chi connectivity index (χ1n) is 6.66. The van der Waals surface area contributed by atoms with Crippen molar-refractivity contribution in [1.29, 1.82) is 0 Å². The Hall–Kier alpha value is -0.710. The van der Waals surface area contributed by atoms with Gasteiger partial charge in [-0.2, -0.15) is 11.8 Å². The molecule has 0 radical (unpaired) electrons. The highest BCUT2D eigenvalue weighted by atomic mass is 32.2. The fraction of sp³-hybridized carbons (Fsp3) is 0.846. The summed E-state index contributed by atoms with van der Waals surface area (Å²) in [5.74, 6) is 2.40. The minimum atomic E-state index is -0.382. The van der Waals surface area contributed by atoms with Crippen molar-refractivity contribution in [2.75, 3.05) is 18.1 Å². The van der Waals surface area contributed by atoms with Crippen LogP contribution in [0.15, 0.2) is 0 Å². The Balaban J connectivity index is 2.73. The molecule has 1 aliphatic heterocycles. The molecule has 5 heteroatoms. The van der Waals surface area contributed by atoms with Gasteiger partial charge in [0.05, 0.1) is 0 Å². The second kappa shape index (κ2) is 7.02. The SMILES string of the molecule is CCSCCN1C(=O)C(C)NC(=O)C1CC(C)C. The van der Waals surface area contributed by atoms with Gasteiger partial charge in [0.2, 0.25) is 11.8 Å². The number of piperazine rings is 1. The van der Waals surface area contributed by atoms with E-state index in [2.05, 4.69) is 26.1 Å². The highest BCUT2D eigenvalue weighted by molar-refractivity contribution is 7.99. The molecule has 1 heterocycles. The van der Waals surface area contributed by atoms with Crippen molar-refractivity contribution in [3.8, 4) is 0 Å². The van der Waals surface area contributed by atoms with Crippen LogP contribution in [-0.2, 0) is 9.59 Å². The lowest BCUT2D eigenvalue weighted by Gasteiger charge is -2.38. The third-order valence-electron chi connectivity index (χ3n) is 3.07. The Morgan fingerprint density at radius 1 is 1.39 bits per heavy atom. The molecular weight excluding hydrogens is 248 g/mol. The van der Waals surface area contributed by atoms with Gasteiger partial charge in [0.25, 0.3) is 0 Å². The van der Waals surface area contributed by atoms with Crippen molar-refractivity contribution in [3.05, 3.63) is 0 Å². The molecule has 0 spiro atoms. The number of carbonyl (C=O) groups excluding carboxylic acids is 2. The summed E-state index contributed by atoms with van der Waals surface area (Å²) in [6.07, 6.45) is 0.737. The highest BCUT2D eigenvalue weighted by Crippen LogP contribution is 2.18. The first-order valence-corrected chi connectivity index (χ1v) is 7.81. The summed E-state index contributed by atoms with van der Waals surface area (Å²) in [5.41, 5.74) is 0. The van der Waals surface area contributed by atoms with Crippen molar-refractivity contribution in [2.45, 2.75) is 46.2 Å². The minimum absolute atomic E-state index is 0.00250. The van der Waals surface area contributed by atoms with Gasteiger partial charge in [-0.15, -0.1) is 0 Å². The van der Waals surface area contributed by atoms with Crippen LogP contribution in [0.3, 0.4) is 0 Å². The lowest BCUT2D eigenvalue weighted by molar-refractivity contribution is -0.149. The number of hydrogen-bond donors (Lipinski definition) is 1. The van der Waals surface area contributed by atoms with E-state index in [1.165, 1.54) is 0 Å². The standard InChI is InChI=1S/C13H24N2O2S/c1-5-18-7-6-15-11(8-9(2)3)12(16)14-10(4)13(15)17/h9-11H,5-8H2,1-4H3,(H,14,16). The van der Waals surface area contributed by atoms with Crippen LogP contribution in [0, 0.1) is 5.92 Å². The molecule has 1 saturated heterocycles. The van der Waals surface area contributed by atoms with E-state index in [-0.39, 0.29) is 23.9 Å². The van der Waals surface area contributed by atoms with E-state index in [1.807, 2.05) is 0 Å². The maximum Gasteiger partial charge on any atom is 0.245 e. The minimum Gasteiger partial charge on any atom is -0.343 e.